The van der Waals surface area contributed by atoms with Gasteiger partial charge in [-0.25, -0.2) is 8.37 Å². The second-order valence-electron chi connectivity index (χ2n) is 15.9. The van der Waals surface area contributed by atoms with Crippen LogP contribution in [0, 0.1) is 71.0 Å². The van der Waals surface area contributed by atoms with E-state index in [9.17, 15) is 27.6 Å². The summed E-state index contributed by atoms with van der Waals surface area (Å²) in [5, 5.41) is 0. The lowest BCUT2D eigenvalue weighted by Gasteiger charge is -2.34. The van der Waals surface area contributed by atoms with E-state index in [0.717, 1.165) is 89.9 Å². The summed E-state index contributed by atoms with van der Waals surface area (Å²) in [5.41, 5.74) is 0. The van der Waals surface area contributed by atoms with Crippen molar-refractivity contribution in [1.82, 2.24) is 9.80 Å². The van der Waals surface area contributed by atoms with Gasteiger partial charge in [0.15, 0.2) is 0 Å². The predicted molar refractivity (Wildman–Crippen MR) is 161 cm³/mol. The van der Waals surface area contributed by atoms with Crippen molar-refractivity contribution in [2.45, 2.75) is 89.9 Å². The molecule has 4 bridgehead atoms. The zero-order valence-electron chi connectivity index (χ0n) is 26.2. The molecular formula is C34H48N2O8S. The molecule has 248 valence electrons. The smallest absolute Gasteiger partial charge is 0.282 e. The van der Waals surface area contributed by atoms with Crippen LogP contribution in [0.15, 0.2) is 0 Å². The van der Waals surface area contributed by atoms with E-state index in [1.807, 2.05) is 0 Å². The molecule has 10 nitrogen and oxygen atoms in total. The molecule has 0 aromatic rings. The fourth-order valence-electron chi connectivity index (χ4n) is 11.6. The van der Waals surface area contributed by atoms with Crippen LogP contribution in [0.3, 0.4) is 0 Å². The Hall–Kier alpha value is -1.85. The quantitative estimate of drug-likeness (QED) is 0.328. The van der Waals surface area contributed by atoms with E-state index in [1.165, 1.54) is 9.80 Å². The SMILES string of the molecule is O=C1[C@@H]2[C@H]3CC[C@H](C3)[C@@H]2C(=O)N1C[C@@H]1CCCC[C@H]1COS(=O)(=O)OC[C@@H]1CCCC[C@H]1CN1C(=O)[C@@H]2[C@H]3CC[C@H](C3)[C@@H]2C1=O. The summed E-state index contributed by atoms with van der Waals surface area (Å²) >= 11 is 0. The molecule has 0 aromatic heterocycles. The Morgan fingerprint density at radius 2 is 0.800 bits per heavy atom. The molecule has 11 heteroatoms. The zero-order chi connectivity index (χ0) is 31.0. The van der Waals surface area contributed by atoms with Crippen molar-refractivity contribution in [2.75, 3.05) is 26.3 Å². The molecular weight excluding hydrogens is 596 g/mol. The largest absolute Gasteiger partial charge is 0.399 e. The summed E-state index contributed by atoms with van der Waals surface area (Å²) in [5.74, 6) is 0.735. The summed E-state index contributed by atoms with van der Waals surface area (Å²) in [6.07, 6.45) is 13.4. The Kier molecular flexibility index (Phi) is 7.92. The lowest BCUT2D eigenvalue weighted by atomic mass is 9.79. The lowest BCUT2D eigenvalue weighted by Crippen LogP contribution is -2.41. The summed E-state index contributed by atoms with van der Waals surface area (Å²) in [7, 11) is -4.26. The second kappa shape index (κ2) is 11.7. The molecule has 0 aromatic carbocycles. The number of hydrogen-bond donors (Lipinski definition) is 0. The zero-order valence-corrected chi connectivity index (χ0v) is 27.0. The average Bonchev–Trinajstić information content (AvgIpc) is 3.89. The van der Waals surface area contributed by atoms with Crippen LogP contribution in [0.2, 0.25) is 0 Å². The van der Waals surface area contributed by atoms with Crippen LogP contribution in [-0.4, -0.2) is 68.1 Å². The monoisotopic (exact) mass is 644 g/mol. The number of carbonyl (C=O) groups is 4. The van der Waals surface area contributed by atoms with E-state index in [4.69, 9.17) is 8.37 Å². The molecule has 8 rings (SSSR count). The Balaban J connectivity index is 0.852. The molecule has 6 saturated carbocycles. The highest BCUT2D eigenvalue weighted by Gasteiger charge is 2.62. The van der Waals surface area contributed by atoms with Crippen molar-refractivity contribution in [2.24, 2.45) is 71.0 Å². The number of fused-ring (bicyclic) bond motifs is 10. The van der Waals surface area contributed by atoms with Gasteiger partial charge in [-0.05, 0) is 112 Å². The first-order valence-electron chi connectivity index (χ1n) is 17.9. The highest BCUT2D eigenvalue weighted by Crippen LogP contribution is 2.57. The Morgan fingerprint density at radius 1 is 0.489 bits per heavy atom. The molecule has 8 fully saturated rings. The molecule has 12 atom stereocenters. The van der Waals surface area contributed by atoms with Crippen LogP contribution >= 0.6 is 0 Å². The molecule has 0 spiro atoms. The highest BCUT2D eigenvalue weighted by molar-refractivity contribution is 7.81. The van der Waals surface area contributed by atoms with E-state index in [0.29, 0.717) is 36.8 Å². The number of rotatable bonds is 10. The minimum atomic E-state index is -4.26. The van der Waals surface area contributed by atoms with Gasteiger partial charge in [0, 0.05) is 13.1 Å². The van der Waals surface area contributed by atoms with Gasteiger partial charge in [0.05, 0.1) is 36.9 Å². The molecule has 45 heavy (non-hydrogen) atoms. The van der Waals surface area contributed by atoms with Crippen molar-refractivity contribution >= 4 is 34.0 Å². The third-order valence-corrected chi connectivity index (χ3v) is 14.7. The molecule has 2 heterocycles. The van der Waals surface area contributed by atoms with Gasteiger partial charge in [0.1, 0.15) is 0 Å². The van der Waals surface area contributed by atoms with Crippen LogP contribution in [0.4, 0.5) is 0 Å². The van der Waals surface area contributed by atoms with Crippen LogP contribution < -0.4 is 0 Å². The minimum Gasteiger partial charge on any atom is -0.282 e. The van der Waals surface area contributed by atoms with Gasteiger partial charge >= 0.3 is 10.4 Å². The summed E-state index contributed by atoms with van der Waals surface area (Å²) in [4.78, 5) is 56.2. The third kappa shape index (κ3) is 5.21. The Morgan fingerprint density at radius 3 is 1.13 bits per heavy atom. The maximum absolute atomic E-state index is 13.3. The molecule has 0 unspecified atom stereocenters. The first-order valence-corrected chi connectivity index (χ1v) is 19.3. The Labute approximate surface area is 266 Å². The van der Waals surface area contributed by atoms with Gasteiger partial charge in [0.2, 0.25) is 23.6 Å². The van der Waals surface area contributed by atoms with Gasteiger partial charge in [0.25, 0.3) is 0 Å². The molecule has 2 saturated heterocycles. The van der Waals surface area contributed by atoms with E-state index in [1.54, 1.807) is 0 Å². The Bertz CT molecular complexity index is 1200. The number of imide groups is 2. The minimum absolute atomic E-state index is 0.00618. The number of carbonyl (C=O) groups excluding carboxylic acids is 4. The van der Waals surface area contributed by atoms with Crippen LogP contribution in [0.1, 0.15) is 89.9 Å². The van der Waals surface area contributed by atoms with E-state index >= 15 is 0 Å². The number of nitrogens with zero attached hydrogens (tertiary/aromatic N) is 2. The maximum Gasteiger partial charge on any atom is 0.399 e. The fraction of sp³-hybridized carbons (Fsp3) is 0.882. The fourth-order valence-corrected chi connectivity index (χ4v) is 12.4. The topological polar surface area (TPSA) is 127 Å². The normalized spacial score (nSPS) is 44.0. The van der Waals surface area contributed by atoms with Crippen LogP contribution in [-0.2, 0) is 37.9 Å². The molecule has 0 radical (unpaired) electrons. The maximum atomic E-state index is 13.3. The number of hydrogen-bond acceptors (Lipinski definition) is 8. The molecule has 2 aliphatic heterocycles. The lowest BCUT2D eigenvalue weighted by molar-refractivity contribution is -0.143. The van der Waals surface area contributed by atoms with Crippen molar-refractivity contribution < 1.29 is 36.0 Å². The summed E-state index contributed by atoms with van der Waals surface area (Å²) in [6, 6.07) is 0. The third-order valence-electron chi connectivity index (χ3n) is 13.9. The second-order valence-corrected chi connectivity index (χ2v) is 17.2. The number of amides is 4. The van der Waals surface area contributed by atoms with Crippen molar-refractivity contribution in [3.05, 3.63) is 0 Å². The van der Waals surface area contributed by atoms with Crippen LogP contribution in [0.5, 0.6) is 0 Å². The van der Waals surface area contributed by atoms with Gasteiger partial charge in [-0.3, -0.25) is 29.0 Å². The van der Waals surface area contributed by atoms with Crippen molar-refractivity contribution in [3.63, 3.8) is 0 Å². The molecule has 8 aliphatic rings. The van der Waals surface area contributed by atoms with E-state index in [-0.39, 0.29) is 84.2 Å². The first kappa shape index (κ1) is 30.5. The van der Waals surface area contributed by atoms with Crippen LogP contribution in [0.25, 0.3) is 0 Å². The molecule has 6 aliphatic carbocycles. The number of likely N-dealkylation sites (tertiary alicyclic amines) is 2. The van der Waals surface area contributed by atoms with Crippen molar-refractivity contribution in [1.29, 1.82) is 0 Å². The van der Waals surface area contributed by atoms with Gasteiger partial charge in [-0.2, -0.15) is 8.42 Å². The van der Waals surface area contributed by atoms with E-state index in [2.05, 4.69) is 0 Å². The van der Waals surface area contributed by atoms with Crippen molar-refractivity contribution in [3.8, 4) is 0 Å². The molecule has 0 N–H and O–H groups in total. The summed E-state index contributed by atoms with van der Waals surface area (Å²) in [6.45, 7) is 0.689. The average molecular weight is 645 g/mol. The predicted octanol–water partition coefficient (Wildman–Crippen LogP) is 3.94. The first-order chi connectivity index (χ1) is 21.7. The summed E-state index contributed by atoms with van der Waals surface area (Å²) < 4.78 is 36.8. The van der Waals surface area contributed by atoms with E-state index < -0.39 is 10.4 Å². The van der Waals surface area contributed by atoms with Gasteiger partial charge in [-0.15, -0.1) is 0 Å². The standard InChI is InChI=1S/C34H48N2O8S/c37-31-27-19-9-10-20(13-19)28(27)32(38)35(31)15-23-5-1-3-7-25(23)17-43-45(41,42)44-18-26-8-4-2-6-24(26)16-36-33(39)29-21-11-12-22(14-21)30(29)34(36)40/h19-30H,1-18H2/t19-,20+,21-,22+,23-,24-,25-,26-,27+,28-,29+,30-/m0/s1. The van der Waals surface area contributed by atoms with Gasteiger partial charge < -0.3 is 0 Å². The molecule has 4 amide bonds. The van der Waals surface area contributed by atoms with Gasteiger partial charge in [-0.1, -0.05) is 25.7 Å². The highest BCUT2D eigenvalue weighted by atomic mass is 32.3.